The number of nitrogens with one attached hydrogen (secondary N) is 2. The Bertz CT molecular complexity index is 1170. The lowest BCUT2D eigenvalue weighted by molar-refractivity contribution is -0.128. The van der Waals surface area contributed by atoms with Gasteiger partial charge in [0.1, 0.15) is 17.6 Å². The summed E-state index contributed by atoms with van der Waals surface area (Å²) in [6.45, 7) is 6.38. The molecule has 2 N–H and O–H groups in total. The highest BCUT2D eigenvalue weighted by Crippen LogP contribution is 2.36. The first kappa shape index (κ1) is 23.8. The van der Waals surface area contributed by atoms with Gasteiger partial charge in [0, 0.05) is 11.6 Å². The number of aromatic nitrogens is 1. The van der Waals surface area contributed by atoms with Gasteiger partial charge in [0.2, 0.25) is 5.91 Å². The predicted octanol–water partition coefficient (Wildman–Crippen LogP) is 4.63. The van der Waals surface area contributed by atoms with Crippen molar-refractivity contribution >= 4 is 11.7 Å². The summed E-state index contributed by atoms with van der Waals surface area (Å²) in [6, 6.07) is 12.9. The van der Waals surface area contributed by atoms with Gasteiger partial charge in [-0.3, -0.25) is 9.59 Å². The van der Waals surface area contributed by atoms with E-state index >= 15 is 4.39 Å². The molecule has 1 aliphatic rings. The van der Waals surface area contributed by atoms with Crippen LogP contribution in [0.2, 0.25) is 0 Å². The van der Waals surface area contributed by atoms with Gasteiger partial charge in [0.25, 0.3) is 0 Å². The van der Waals surface area contributed by atoms with E-state index in [-0.39, 0.29) is 35.9 Å². The van der Waals surface area contributed by atoms with Gasteiger partial charge in [0.05, 0.1) is 18.2 Å². The first-order valence-corrected chi connectivity index (χ1v) is 11.7. The average molecular weight is 464 g/mol. The van der Waals surface area contributed by atoms with Gasteiger partial charge in [-0.25, -0.2) is 4.39 Å². The Morgan fingerprint density at radius 2 is 1.91 bits per heavy atom. The van der Waals surface area contributed by atoms with Gasteiger partial charge >= 0.3 is 0 Å². The minimum atomic E-state index is -1.04. The van der Waals surface area contributed by atoms with Gasteiger partial charge in [0.15, 0.2) is 5.78 Å². The number of nitrogens with zero attached hydrogens (tertiary/aromatic N) is 1. The molecule has 2 heterocycles. The van der Waals surface area contributed by atoms with E-state index in [2.05, 4.69) is 15.8 Å². The van der Waals surface area contributed by atoms with E-state index in [0.29, 0.717) is 40.1 Å². The quantitative estimate of drug-likeness (QED) is 0.509. The lowest BCUT2D eigenvalue weighted by Crippen LogP contribution is -2.44. The molecule has 0 bridgehead atoms. The third-order valence-corrected chi connectivity index (χ3v) is 6.21. The highest BCUT2D eigenvalue weighted by atomic mass is 19.1. The fourth-order valence-electron chi connectivity index (χ4n) is 4.45. The zero-order valence-electron chi connectivity index (χ0n) is 19.7. The van der Waals surface area contributed by atoms with Gasteiger partial charge in [-0.2, -0.15) is 0 Å². The van der Waals surface area contributed by atoms with Crippen molar-refractivity contribution in [1.82, 2.24) is 15.8 Å². The summed E-state index contributed by atoms with van der Waals surface area (Å²) in [6.07, 6.45) is 1.52. The maximum Gasteiger partial charge on any atom is 0.237 e. The van der Waals surface area contributed by atoms with Crippen LogP contribution in [0.15, 0.2) is 53.1 Å². The second kappa shape index (κ2) is 10.3. The van der Waals surface area contributed by atoms with Crippen molar-refractivity contribution in [2.75, 3.05) is 6.54 Å². The van der Waals surface area contributed by atoms with Crippen molar-refractivity contribution in [3.05, 3.63) is 76.9 Å². The van der Waals surface area contributed by atoms with E-state index in [1.54, 1.807) is 25.1 Å². The van der Waals surface area contributed by atoms with Crippen molar-refractivity contribution in [1.29, 1.82) is 0 Å². The Kier molecular flexibility index (Phi) is 7.22. The Hall–Kier alpha value is -3.32. The molecule has 0 spiro atoms. The Labute approximate surface area is 198 Å². The van der Waals surface area contributed by atoms with Gasteiger partial charge in [-0.15, -0.1) is 0 Å². The Morgan fingerprint density at radius 1 is 1.18 bits per heavy atom. The van der Waals surface area contributed by atoms with Crippen LogP contribution in [0.25, 0.3) is 11.1 Å². The molecule has 34 heavy (non-hydrogen) atoms. The lowest BCUT2D eigenvalue weighted by Gasteiger charge is -2.24. The minimum absolute atomic E-state index is 0.0416. The first-order valence-electron chi connectivity index (χ1n) is 11.7. The standard InChI is InChI=1S/C27H30FN3O3/c1-16(2)20-11-12-21(24(25(20)28)18-8-5-4-6-9-18)26(30-27(33)22-10-7-13-29-22)23(32)15-19-14-17(3)31-34-19/h4-6,8-9,11-12,14,16,22,26,29H,7,10,13,15H2,1-3H3,(H,30,33). The molecule has 2 unspecified atom stereocenters. The van der Waals surface area contributed by atoms with Crippen molar-refractivity contribution in [2.24, 2.45) is 0 Å². The Balaban J connectivity index is 1.80. The van der Waals surface area contributed by atoms with E-state index < -0.39 is 6.04 Å². The van der Waals surface area contributed by atoms with Gasteiger partial charge in [-0.05, 0) is 48.9 Å². The fraction of sp³-hybridized carbons (Fsp3) is 0.370. The Morgan fingerprint density at radius 3 is 2.53 bits per heavy atom. The molecule has 1 fully saturated rings. The van der Waals surface area contributed by atoms with Crippen molar-refractivity contribution < 1.29 is 18.5 Å². The second-order valence-electron chi connectivity index (χ2n) is 9.12. The number of carbonyl (C=O) groups excluding carboxylic acids is 2. The number of carbonyl (C=O) groups is 2. The summed E-state index contributed by atoms with van der Waals surface area (Å²) in [5.74, 6) is -0.574. The van der Waals surface area contributed by atoms with Crippen LogP contribution in [0.3, 0.4) is 0 Å². The molecule has 0 aliphatic carbocycles. The smallest absolute Gasteiger partial charge is 0.237 e. The number of halogens is 1. The van der Waals surface area contributed by atoms with E-state index in [1.807, 2.05) is 44.2 Å². The molecule has 7 heteroatoms. The first-order chi connectivity index (χ1) is 16.3. The van der Waals surface area contributed by atoms with E-state index in [4.69, 9.17) is 4.52 Å². The molecule has 1 amide bonds. The summed E-state index contributed by atoms with van der Waals surface area (Å²) in [5.41, 5.74) is 2.64. The van der Waals surface area contributed by atoms with Crippen LogP contribution < -0.4 is 10.6 Å². The number of Topliss-reactive ketones (excluding diaryl/α,β-unsaturated/α-hetero) is 1. The summed E-state index contributed by atoms with van der Waals surface area (Å²) < 4.78 is 21.1. The minimum Gasteiger partial charge on any atom is -0.361 e. The molecule has 1 saturated heterocycles. The van der Waals surface area contributed by atoms with Crippen molar-refractivity contribution in [3.8, 4) is 11.1 Å². The zero-order valence-corrected chi connectivity index (χ0v) is 19.7. The number of benzene rings is 2. The lowest BCUT2D eigenvalue weighted by atomic mass is 9.87. The topological polar surface area (TPSA) is 84.2 Å². The van der Waals surface area contributed by atoms with Crippen LogP contribution in [0.5, 0.6) is 0 Å². The number of hydrogen-bond acceptors (Lipinski definition) is 5. The van der Waals surface area contributed by atoms with E-state index in [0.717, 1.165) is 13.0 Å². The summed E-state index contributed by atoms with van der Waals surface area (Å²) in [4.78, 5) is 26.6. The summed E-state index contributed by atoms with van der Waals surface area (Å²) >= 11 is 0. The number of hydrogen-bond donors (Lipinski definition) is 2. The number of amides is 1. The molecule has 1 aromatic heterocycles. The van der Waals surface area contributed by atoms with Crippen LogP contribution in [-0.4, -0.2) is 29.4 Å². The molecule has 1 aliphatic heterocycles. The third kappa shape index (κ3) is 5.09. The molecule has 2 aromatic carbocycles. The maximum atomic E-state index is 15.9. The maximum absolute atomic E-state index is 15.9. The van der Waals surface area contributed by atoms with Crippen LogP contribution in [0.4, 0.5) is 4.39 Å². The third-order valence-electron chi connectivity index (χ3n) is 6.21. The molecule has 3 aromatic rings. The van der Waals surface area contributed by atoms with Gasteiger partial charge < -0.3 is 15.2 Å². The molecule has 6 nitrogen and oxygen atoms in total. The molecular formula is C27H30FN3O3. The van der Waals surface area contributed by atoms with Crippen molar-refractivity contribution in [3.63, 3.8) is 0 Å². The van der Waals surface area contributed by atoms with Crippen LogP contribution in [0, 0.1) is 12.7 Å². The molecule has 4 rings (SSSR count). The molecular weight excluding hydrogens is 433 g/mol. The monoisotopic (exact) mass is 463 g/mol. The summed E-state index contributed by atoms with van der Waals surface area (Å²) in [5, 5.41) is 9.92. The normalized spacial score (nSPS) is 16.6. The van der Waals surface area contributed by atoms with Gasteiger partial charge in [-0.1, -0.05) is 61.5 Å². The number of ketones is 1. The summed E-state index contributed by atoms with van der Waals surface area (Å²) in [7, 11) is 0. The fourth-order valence-corrected chi connectivity index (χ4v) is 4.45. The van der Waals surface area contributed by atoms with Crippen LogP contribution in [-0.2, 0) is 16.0 Å². The molecule has 2 atom stereocenters. The van der Waals surface area contributed by atoms with E-state index in [9.17, 15) is 9.59 Å². The van der Waals surface area contributed by atoms with Crippen LogP contribution >= 0.6 is 0 Å². The van der Waals surface area contributed by atoms with Crippen LogP contribution in [0.1, 0.15) is 61.2 Å². The highest BCUT2D eigenvalue weighted by molar-refractivity contribution is 5.94. The molecule has 178 valence electrons. The number of aryl methyl sites for hydroxylation is 1. The number of rotatable bonds is 8. The van der Waals surface area contributed by atoms with Crippen molar-refractivity contribution in [2.45, 2.75) is 58.0 Å². The molecule has 0 saturated carbocycles. The average Bonchev–Trinajstić information content (AvgIpc) is 3.49. The largest absolute Gasteiger partial charge is 0.361 e. The zero-order chi connectivity index (χ0) is 24.2. The predicted molar refractivity (Wildman–Crippen MR) is 128 cm³/mol. The SMILES string of the molecule is Cc1cc(CC(=O)C(NC(=O)C2CCCN2)c2ccc(C(C)C)c(F)c2-c2ccccc2)on1. The second-order valence-corrected chi connectivity index (χ2v) is 9.12. The van der Waals surface area contributed by atoms with E-state index in [1.165, 1.54) is 0 Å². The molecule has 0 radical (unpaired) electrons. The highest BCUT2D eigenvalue weighted by Gasteiger charge is 2.32.